The fourth-order valence-corrected chi connectivity index (χ4v) is 2.82. The Balaban J connectivity index is 2.47. The average Bonchev–Trinajstić information content (AvgIpc) is 2.61. The molecular formula is C9H16N2OS2. The lowest BCUT2D eigenvalue weighted by molar-refractivity contribution is 0.200. The number of rotatable bonds is 5. The zero-order valence-corrected chi connectivity index (χ0v) is 10.3. The van der Waals surface area contributed by atoms with Crippen molar-refractivity contribution in [2.75, 3.05) is 19.4 Å². The summed E-state index contributed by atoms with van der Waals surface area (Å²) in [4.78, 5) is 4.35. The van der Waals surface area contributed by atoms with Crippen molar-refractivity contribution < 1.29 is 5.11 Å². The van der Waals surface area contributed by atoms with Crippen LogP contribution in [0.3, 0.4) is 0 Å². The monoisotopic (exact) mass is 232 g/mol. The Morgan fingerprint density at radius 3 is 2.86 bits per heavy atom. The first kappa shape index (κ1) is 12.0. The van der Waals surface area contributed by atoms with E-state index in [0.29, 0.717) is 0 Å². The Morgan fingerprint density at radius 1 is 1.71 bits per heavy atom. The number of hydrogen-bond acceptors (Lipinski definition) is 5. The molecule has 1 heterocycles. The van der Waals surface area contributed by atoms with E-state index in [9.17, 15) is 5.11 Å². The molecule has 0 amide bonds. The summed E-state index contributed by atoms with van der Waals surface area (Å²) in [5.74, 6) is 0.826. The summed E-state index contributed by atoms with van der Waals surface area (Å²) in [6.45, 7) is 4.13. The minimum atomic E-state index is -0.218. The highest BCUT2D eigenvalue weighted by Crippen LogP contribution is 2.25. The van der Waals surface area contributed by atoms with Gasteiger partial charge in [0.05, 0.1) is 6.61 Å². The topological polar surface area (TPSA) is 45.1 Å². The standard InChI is InChI=1S/C9H16N2OS2/c1-7-4-13-8(11-7)14-6-9(2,5-12)10-3/h4,10,12H,5-6H2,1-3H3. The second-order valence-electron chi connectivity index (χ2n) is 3.51. The molecule has 3 nitrogen and oxygen atoms in total. The van der Waals surface area contributed by atoms with Crippen molar-refractivity contribution in [2.24, 2.45) is 0 Å². The summed E-state index contributed by atoms with van der Waals surface area (Å²) in [5, 5.41) is 14.3. The van der Waals surface area contributed by atoms with Crippen LogP contribution in [-0.2, 0) is 0 Å². The molecule has 0 aliphatic carbocycles. The molecule has 0 saturated carbocycles. The molecule has 0 radical (unpaired) electrons. The van der Waals surface area contributed by atoms with Crippen LogP contribution in [-0.4, -0.2) is 35.0 Å². The smallest absolute Gasteiger partial charge is 0.150 e. The first-order valence-electron chi connectivity index (χ1n) is 4.44. The van der Waals surface area contributed by atoms with Crippen molar-refractivity contribution >= 4 is 23.1 Å². The first-order valence-corrected chi connectivity index (χ1v) is 6.31. The van der Waals surface area contributed by atoms with Gasteiger partial charge in [-0.05, 0) is 20.9 Å². The summed E-state index contributed by atoms with van der Waals surface area (Å²) in [7, 11) is 1.86. The summed E-state index contributed by atoms with van der Waals surface area (Å²) >= 11 is 3.34. The molecule has 1 rings (SSSR count). The highest BCUT2D eigenvalue weighted by molar-refractivity contribution is 8.01. The minimum absolute atomic E-state index is 0.140. The predicted molar refractivity (Wildman–Crippen MR) is 62.1 cm³/mol. The van der Waals surface area contributed by atoms with Crippen LogP contribution < -0.4 is 5.32 Å². The Kier molecular flexibility index (Phi) is 4.37. The van der Waals surface area contributed by atoms with E-state index in [1.807, 2.05) is 26.3 Å². The average molecular weight is 232 g/mol. The van der Waals surface area contributed by atoms with E-state index in [1.165, 1.54) is 0 Å². The number of aliphatic hydroxyl groups is 1. The molecule has 80 valence electrons. The second-order valence-corrected chi connectivity index (χ2v) is 5.59. The SMILES string of the molecule is CNC(C)(CO)CSc1nc(C)cs1. The molecule has 1 unspecified atom stereocenters. The van der Waals surface area contributed by atoms with Gasteiger partial charge in [-0.15, -0.1) is 11.3 Å². The van der Waals surface area contributed by atoms with Gasteiger partial charge in [-0.2, -0.15) is 0 Å². The number of aryl methyl sites for hydroxylation is 1. The van der Waals surface area contributed by atoms with Crippen LogP contribution in [0.5, 0.6) is 0 Å². The Bertz CT molecular complexity index is 284. The maximum absolute atomic E-state index is 9.18. The number of hydrogen-bond donors (Lipinski definition) is 2. The number of thiazole rings is 1. The van der Waals surface area contributed by atoms with Crippen LogP contribution in [0, 0.1) is 6.92 Å². The van der Waals surface area contributed by atoms with E-state index < -0.39 is 0 Å². The van der Waals surface area contributed by atoms with Crippen molar-refractivity contribution in [1.29, 1.82) is 0 Å². The van der Waals surface area contributed by atoms with E-state index in [0.717, 1.165) is 15.8 Å². The quantitative estimate of drug-likeness (QED) is 0.756. The third-order valence-corrected chi connectivity index (χ3v) is 4.58. The number of nitrogens with one attached hydrogen (secondary N) is 1. The van der Waals surface area contributed by atoms with Crippen molar-refractivity contribution in [1.82, 2.24) is 10.3 Å². The van der Waals surface area contributed by atoms with E-state index in [4.69, 9.17) is 0 Å². The Hall–Kier alpha value is -0.100. The summed E-state index contributed by atoms with van der Waals surface area (Å²) in [5.41, 5.74) is 0.845. The fourth-order valence-electron chi connectivity index (χ4n) is 0.817. The van der Waals surface area contributed by atoms with Crippen LogP contribution in [0.25, 0.3) is 0 Å². The molecule has 0 bridgehead atoms. The molecule has 2 N–H and O–H groups in total. The number of likely N-dealkylation sites (N-methyl/N-ethyl adjacent to an activating group) is 1. The summed E-state index contributed by atoms with van der Waals surface area (Å²) in [6, 6.07) is 0. The normalized spacial score (nSPS) is 15.4. The molecule has 0 spiro atoms. The molecule has 1 atom stereocenters. The number of thioether (sulfide) groups is 1. The van der Waals surface area contributed by atoms with Gasteiger partial charge in [0.25, 0.3) is 0 Å². The van der Waals surface area contributed by atoms with Gasteiger partial charge in [0.2, 0.25) is 0 Å². The van der Waals surface area contributed by atoms with Gasteiger partial charge in [-0.3, -0.25) is 0 Å². The summed E-state index contributed by atoms with van der Waals surface area (Å²) in [6.07, 6.45) is 0. The summed E-state index contributed by atoms with van der Waals surface area (Å²) < 4.78 is 1.07. The zero-order chi connectivity index (χ0) is 10.6. The Labute approximate surface area is 92.9 Å². The molecule has 1 aromatic heterocycles. The van der Waals surface area contributed by atoms with Crippen molar-refractivity contribution in [3.63, 3.8) is 0 Å². The lowest BCUT2D eigenvalue weighted by atomic mass is 10.1. The van der Waals surface area contributed by atoms with Gasteiger partial charge >= 0.3 is 0 Å². The lowest BCUT2D eigenvalue weighted by Crippen LogP contribution is -2.45. The van der Waals surface area contributed by atoms with Crippen LogP contribution in [0.2, 0.25) is 0 Å². The molecule has 0 aliphatic heterocycles. The van der Waals surface area contributed by atoms with Gasteiger partial charge in [0.15, 0.2) is 0 Å². The maximum atomic E-state index is 9.18. The molecule has 0 fully saturated rings. The number of nitrogens with zero attached hydrogens (tertiary/aromatic N) is 1. The predicted octanol–water partition coefficient (Wildman–Crippen LogP) is 1.51. The molecule has 0 saturated heterocycles. The first-order chi connectivity index (χ1) is 6.59. The van der Waals surface area contributed by atoms with Gasteiger partial charge in [-0.1, -0.05) is 11.8 Å². The van der Waals surface area contributed by atoms with Gasteiger partial charge < -0.3 is 10.4 Å². The van der Waals surface area contributed by atoms with Crippen molar-refractivity contribution in [3.05, 3.63) is 11.1 Å². The van der Waals surface area contributed by atoms with E-state index in [-0.39, 0.29) is 12.1 Å². The van der Waals surface area contributed by atoms with Gasteiger partial charge in [0.1, 0.15) is 4.34 Å². The third-order valence-electron chi connectivity index (χ3n) is 2.06. The molecule has 5 heteroatoms. The zero-order valence-electron chi connectivity index (χ0n) is 8.70. The molecule has 14 heavy (non-hydrogen) atoms. The van der Waals surface area contributed by atoms with Crippen molar-refractivity contribution in [2.45, 2.75) is 23.7 Å². The van der Waals surface area contributed by atoms with Crippen molar-refractivity contribution in [3.8, 4) is 0 Å². The molecule has 0 aliphatic rings. The van der Waals surface area contributed by atoms with E-state index in [2.05, 4.69) is 10.3 Å². The highest BCUT2D eigenvalue weighted by atomic mass is 32.2. The van der Waals surface area contributed by atoms with Crippen LogP contribution in [0.4, 0.5) is 0 Å². The third kappa shape index (κ3) is 3.24. The number of aromatic nitrogens is 1. The van der Waals surface area contributed by atoms with Crippen LogP contribution >= 0.6 is 23.1 Å². The minimum Gasteiger partial charge on any atom is -0.394 e. The lowest BCUT2D eigenvalue weighted by Gasteiger charge is -2.25. The van der Waals surface area contributed by atoms with Crippen LogP contribution in [0.15, 0.2) is 9.72 Å². The van der Waals surface area contributed by atoms with Crippen LogP contribution in [0.1, 0.15) is 12.6 Å². The van der Waals surface area contributed by atoms with Gasteiger partial charge in [0, 0.05) is 22.4 Å². The molecule has 0 aromatic carbocycles. The van der Waals surface area contributed by atoms with Gasteiger partial charge in [-0.25, -0.2) is 4.98 Å². The number of aliphatic hydroxyl groups excluding tert-OH is 1. The largest absolute Gasteiger partial charge is 0.394 e. The maximum Gasteiger partial charge on any atom is 0.150 e. The Morgan fingerprint density at radius 2 is 2.43 bits per heavy atom. The molecule has 1 aromatic rings. The molecular weight excluding hydrogens is 216 g/mol. The van der Waals surface area contributed by atoms with E-state index in [1.54, 1.807) is 23.1 Å². The highest BCUT2D eigenvalue weighted by Gasteiger charge is 2.21. The van der Waals surface area contributed by atoms with E-state index >= 15 is 0 Å². The second kappa shape index (κ2) is 5.11. The fraction of sp³-hybridized carbons (Fsp3) is 0.667.